The first-order chi connectivity index (χ1) is 9.61. The van der Waals surface area contributed by atoms with E-state index < -0.39 is 5.97 Å². The molecule has 0 spiro atoms. The second-order valence-corrected chi connectivity index (χ2v) is 5.65. The van der Waals surface area contributed by atoms with Crippen molar-refractivity contribution in [2.24, 2.45) is 0 Å². The number of aromatic nitrogens is 1. The largest absolute Gasteiger partial charge is 0.486 e. The van der Waals surface area contributed by atoms with Crippen LogP contribution in [0.1, 0.15) is 33.7 Å². The van der Waals surface area contributed by atoms with Gasteiger partial charge < -0.3 is 9.84 Å². The number of carbonyl (C=O) groups is 1. The smallest absolute Gasteiger partial charge is 0.347 e. The lowest BCUT2D eigenvalue weighted by Crippen LogP contribution is -2.03. The Labute approximate surface area is 126 Å². The number of carboxylic acids is 1. The molecule has 2 aromatic rings. The number of hydrogen-bond donors (Lipinski definition) is 1. The van der Waals surface area contributed by atoms with E-state index in [0.717, 1.165) is 17.8 Å². The molecule has 0 saturated carbocycles. The van der Waals surface area contributed by atoms with E-state index in [1.807, 2.05) is 13.0 Å². The zero-order valence-electron chi connectivity index (χ0n) is 10.9. The molecule has 0 atom stereocenters. The molecule has 0 amide bonds. The standard InChI is InChI=1S/C14H14ClNO3S/c1-2-5-12-16-10(13(20-12)14(17)18)8-19-11-7-4-3-6-9(11)15/h3-4,6-7H,2,5,8H2,1H3,(H,17,18). The molecular weight excluding hydrogens is 298 g/mol. The van der Waals surface area contributed by atoms with E-state index in [0.29, 0.717) is 16.5 Å². The molecule has 0 unspecified atom stereocenters. The topological polar surface area (TPSA) is 59.4 Å². The molecule has 106 valence electrons. The van der Waals surface area contributed by atoms with Crippen molar-refractivity contribution in [1.82, 2.24) is 4.98 Å². The molecule has 4 nitrogen and oxygen atoms in total. The Morgan fingerprint density at radius 1 is 1.45 bits per heavy atom. The van der Waals surface area contributed by atoms with Gasteiger partial charge in [-0.15, -0.1) is 11.3 Å². The van der Waals surface area contributed by atoms with E-state index in [1.54, 1.807) is 18.2 Å². The first kappa shape index (κ1) is 14.8. The number of aromatic carboxylic acids is 1. The molecular formula is C14H14ClNO3S. The Morgan fingerprint density at radius 2 is 2.20 bits per heavy atom. The average Bonchev–Trinajstić information content (AvgIpc) is 2.82. The van der Waals surface area contributed by atoms with Gasteiger partial charge in [0.25, 0.3) is 0 Å². The zero-order valence-corrected chi connectivity index (χ0v) is 12.5. The van der Waals surface area contributed by atoms with Crippen LogP contribution in [-0.4, -0.2) is 16.1 Å². The van der Waals surface area contributed by atoms with Crippen LogP contribution in [0.3, 0.4) is 0 Å². The second-order valence-electron chi connectivity index (χ2n) is 4.16. The van der Waals surface area contributed by atoms with Crippen molar-refractivity contribution in [3.8, 4) is 5.75 Å². The number of benzene rings is 1. The van der Waals surface area contributed by atoms with Crippen LogP contribution < -0.4 is 4.74 Å². The van der Waals surface area contributed by atoms with Gasteiger partial charge in [-0.2, -0.15) is 0 Å². The number of thiazole rings is 1. The predicted octanol–water partition coefficient (Wildman–Crippen LogP) is 4.03. The maximum absolute atomic E-state index is 11.2. The lowest BCUT2D eigenvalue weighted by atomic mass is 10.3. The van der Waals surface area contributed by atoms with Gasteiger partial charge in [0.05, 0.1) is 10.0 Å². The van der Waals surface area contributed by atoms with Crippen molar-refractivity contribution in [3.63, 3.8) is 0 Å². The molecule has 1 heterocycles. The molecule has 0 aliphatic rings. The third-order valence-electron chi connectivity index (χ3n) is 2.60. The zero-order chi connectivity index (χ0) is 14.5. The van der Waals surface area contributed by atoms with E-state index in [4.69, 9.17) is 16.3 Å². The number of aryl methyl sites for hydroxylation is 1. The number of para-hydroxylation sites is 1. The van der Waals surface area contributed by atoms with Crippen LogP contribution in [0.2, 0.25) is 5.02 Å². The summed E-state index contributed by atoms with van der Waals surface area (Å²) in [6, 6.07) is 7.07. The number of hydrogen-bond acceptors (Lipinski definition) is 4. The Balaban J connectivity index is 2.16. The van der Waals surface area contributed by atoms with Crippen LogP contribution in [0.25, 0.3) is 0 Å². The summed E-state index contributed by atoms with van der Waals surface area (Å²) < 4.78 is 5.55. The summed E-state index contributed by atoms with van der Waals surface area (Å²) in [4.78, 5) is 15.8. The molecule has 0 bridgehead atoms. The van der Waals surface area contributed by atoms with Gasteiger partial charge in [-0.05, 0) is 25.0 Å². The molecule has 2 rings (SSSR count). The van der Waals surface area contributed by atoms with Crippen LogP contribution in [0.4, 0.5) is 0 Å². The van der Waals surface area contributed by atoms with Gasteiger partial charge in [-0.25, -0.2) is 9.78 Å². The molecule has 1 N–H and O–H groups in total. The highest BCUT2D eigenvalue weighted by Gasteiger charge is 2.17. The fourth-order valence-electron chi connectivity index (χ4n) is 1.69. The molecule has 0 fully saturated rings. The maximum atomic E-state index is 11.2. The summed E-state index contributed by atoms with van der Waals surface area (Å²) in [7, 11) is 0. The fourth-order valence-corrected chi connectivity index (χ4v) is 2.89. The molecule has 0 aliphatic carbocycles. The van der Waals surface area contributed by atoms with Crippen LogP contribution in [0, 0.1) is 0 Å². The third kappa shape index (κ3) is 3.49. The number of nitrogens with zero attached hydrogens (tertiary/aromatic N) is 1. The SMILES string of the molecule is CCCc1nc(COc2ccccc2Cl)c(C(=O)O)s1. The van der Waals surface area contributed by atoms with Gasteiger partial charge >= 0.3 is 5.97 Å². The lowest BCUT2D eigenvalue weighted by Gasteiger charge is -2.06. The number of rotatable bonds is 6. The van der Waals surface area contributed by atoms with Crippen molar-refractivity contribution in [2.75, 3.05) is 0 Å². The Bertz CT molecular complexity index is 612. The van der Waals surface area contributed by atoms with Crippen molar-refractivity contribution in [2.45, 2.75) is 26.4 Å². The molecule has 20 heavy (non-hydrogen) atoms. The Kier molecular flexibility index (Phi) is 4.98. The van der Waals surface area contributed by atoms with Crippen molar-refractivity contribution >= 4 is 28.9 Å². The van der Waals surface area contributed by atoms with Crippen LogP contribution in [0.15, 0.2) is 24.3 Å². The van der Waals surface area contributed by atoms with E-state index in [1.165, 1.54) is 11.3 Å². The molecule has 1 aromatic heterocycles. The van der Waals surface area contributed by atoms with Gasteiger partial charge in [0.15, 0.2) is 0 Å². The van der Waals surface area contributed by atoms with Crippen molar-refractivity contribution in [3.05, 3.63) is 44.9 Å². The van der Waals surface area contributed by atoms with Crippen LogP contribution in [0.5, 0.6) is 5.75 Å². The summed E-state index contributed by atoms with van der Waals surface area (Å²) in [5.74, 6) is -0.446. The first-order valence-corrected chi connectivity index (χ1v) is 7.40. The van der Waals surface area contributed by atoms with Gasteiger partial charge in [0.1, 0.15) is 22.9 Å². The van der Waals surface area contributed by atoms with Crippen LogP contribution in [-0.2, 0) is 13.0 Å². The highest BCUT2D eigenvalue weighted by molar-refractivity contribution is 7.13. The number of halogens is 1. The minimum absolute atomic E-state index is 0.103. The predicted molar refractivity (Wildman–Crippen MR) is 78.9 cm³/mol. The summed E-state index contributed by atoms with van der Waals surface area (Å²) in [5.41, 5.74) is 0.450. The summed E-state index contributed by atoms with van der Waals surface area (Å²) in [6.45, 7) is 2.13. The quantitative estimate of drug-likeness (QED) is 0.875. The second kappa shape index (κ2) is 6.72. The number of ether oxygens (including phenoxy) is 1. The monoisotopic (exact) mass is 311 g/mol. The van der Waals surface area contributed by atoms with Gasteiger partial charge in [-0.3, -0.25) is 0 Å². The van der Waals surface area contributed by atoms with E-state index in [9.17, 15) is 9.90 Å². The summed E-state index contributed by atoms with van der Waals surface area (Å²) >= 11 is 7.20. The van der Waals surface area contributed by atoms with E-state index >= 15 is 0 Å². The van der Waals surface area contributed by atoms with Gasteiger partial charge in [0.2, 0.25) is 0 Å². The molecule has 0 saturated heterocycles. The highest BCUT2D eigenvalue weighted by atomic mass is 35.5. The normalized spacial score (nSPS) is 10.5. The molecule has 0 radical (unpaired) electrons. The molecule has 1 aromatic carbocycles. The lowest BCUT2D eigenvalue weighted by molar-refractivity contribution is 0.0699. The highest BCUT2D eigenvalue weighted by Crippen LogP contribution is 2.26. The Morgan fingerprint density at radius 3 is 2.85 bits per heavy atom. The van der Waals surface area contributed by atoms with Gasteiger partial charge in [0, 0.05) is 0 Å². The maximum Gasteiger partial charge on any atom is 0.347 e. The Hall–Kier alpha value is -1.59. The first-order valence-electron chi connectivity index (χ1n) is 6.21. The van der Waals surface area contributed by atoms with Crippen LogP contribution >= 0.6 is 22.9 Å². The van der Waals surface area contributed by atoms with Crippen molar-refractivity contribution < 1.29 is 14.6 Å². The van der Waals surface area contributed by atoms with E-state index in [2.05, 4.69) is 4.98 Å². The minimum atomic E-state index is -0.970. The molecule has 0 aliphatic heterocycles. The fraction of sp³-hybridized carbons (Fsp3) is 0.286. The van der Waals surface area contributed by atoms with Crippen molar-refractivity contribution in [1.29, 1.82) is 0 Å². The summed E-state index contributed by atoms with van der Waals surface area (Å²) in [5, 5.41) is 10.5. The van der Waals surface area contributed by atoms with E-state index in [-0.39, 0.29) is 11.5 Å². The summed E-state index contributed by atoms with van der Waals surface area (Å²) in [6.07, 6.45) is 1.70. The van der Waals surface area contributed by atoms with Gasteiger partial charge in [-0.1, -0.05) is 30.7 Å². The molecule has 6 heteroatoms. The average molecular weight is 312 g/mol. The minimum Gasteiger partial charge on any atom is -0.486 e. The third-order valence-corrected chi connectivity index (χ3v) is 4.06. The number of carboxylic acid groups (broad SMARTS) is 1.